The predicted octanol–water partition coefficient (Wildman–Crippen LogP) is 3.94. The minimum Gasteiger partial charge on any atom is -0.481 e. The topological polar surface area (TPSA) is 89.4 Å². The van der Waals surface area contributed by atoms with Crippen molar-refractivity contribution in [1.29, 1.82) is 0 Å². The number of carboxylic acid groups (broad SMARTS) is 1. The lowest BCUT2D eigenvalue weighted by molar-refractivity contribution is -0.134. The maximum absolute atomic E-state index is 11.4. The number of carbonyl (C=O) groups is 2. The molecule has 2 rings (SSSR count). The zero-order valence-corrected chi connectivity index (χ0v) is 15.9. The molecule has 0 aliphatic heterocycles. The van der Waals surface area contributed by atoms with Crippen molar-refractivity contribution in [2.75, 3.05) is 7.11 Å². The molecule has 0 amide bonds. The van der Waals surface area contributed by atoms with Gasteiger partial charge in [0.15, 0.2) is 0 Å². The fraction of sp³-hybridized carbons (Fsp3) is 0.368. The van der Waals surface area contributed by atoms with Crippen LogP contribution in [0.1, 0.15) is 54.1 Å². The van der Waals surface area contributed by atoms with Crippen LogP contribution in [0.25, 0.3) is 0 Å². The number of unbranched alkanes of at least 4 members (excludes halogenated alkanes) is 1. The van der Waals surface area contributed by atoms with Crippen LogP contribution in [0.15, 0.2) is 30.3 Å². The normalized spacial score (nSPS) is 9.85. The number of aromatic nitrogens is 2. The number of carboxylic acids is 1. The van der Waals surface area contributed by atoms with Gasteiger partial charge in [0, 0.05) is 25.5 Å². The van der Waals surface area contributed by atoms with Crippen LogP contribution in [-0.4, -0.2) is 34.1 Å². The molecule has 0 bridgehead atoms. The second-order valence-corrected chi connectivity index (χ2v) is 5.97. The highest BCUT2D eigenvalue weighted by atomic mass is 35.5. The lowest BCUT2D eigenvalue weighted by atomic mass is 10.1. The van der Waals surface area contributed by atoms with E-state index in [1.165, 1.54) is 7.11 Å². The van der Waals surface area contributed by atoms with E-state index >= 15 is 0 Å². The SMILES string of the molecule is CC(=O)O.CCCCc1nc(Cl)cc(Cc2ccc(C(=O)OC)cc2)n1. The Kier molecular flexibility index (Phi) is 9.30. The number of benzene rings is 1. The highest BCUT2D eigenvalue weighted by Gasteiger charge is 2.07. The van der Waals surface area contributed by atoms with E-state index in [0.717, 1.165) is 43.3 Å². The molecule has 140 valence electrons. The summed E-state index contributed by atoms with van der Waals surface area (Å²) in [6.07, 6.45) is 3.64. The van der Waals surface area contributed by atoms with Crippen LogP contribution in [0.3, 0.4) is 0 Å². The van der Waals surface area contributed by atoms with Crippen molar-refractivity contribution in [3.8, 4) is 0 Å². The molecule has 0 aliphatic rings. The summed E-state index contributed by atoms with van der Waals surface area (Å²) in [5.41, 5.74) is 2.48. The molecule has 2 aromatic rings. The first-order valence-electron chi connectivity index (χ1n) is 8.24. The summed E-state index contributed by atoms with van der Waals surface area (Å²) in [5, 5.41) is 7.89. The lowest BCUT2D eigenvalue weighted by Gasteiger charge is -2.06. The summed E-state index contributed by atoms with van der Waals surface area (Å²) >= 11 is 6.07. The van der Waals surface area contributed by atoms with Gasteiger partial charge in [-0.1, -0.05) is 37.1 Å². The van der Waals surface area contributed by atoms with Crippen molar-refractivity contribution in [2.45, 2.75) is 39.5 Å². The number of carbonyl (C=O) groups excluding carboxylic acids is 1. The van der Waals surface area contributed by atoms with Crippen LogP contribution in [0, 0.1) is 0 Å². The number of hydrogen-bond donors (Lipinski definition) is 1. The zero-order valence-electron chi connectivity index (χ0n) is 15.2. The van der Waals surface area contributed by atoms with Gasteiger partial charge < -0.3 is 9.84 Å². The maximum Gasteiger partial charge on any atom is 0.337 e. The Balaban J connectivity index is 0.000000765. The van der Waals surface area contributed by atoms with Gasteiger partial charge in [-0.3, -0.25) is 4.79 Å². The Bertz CT molecular complexity index is 729. The Morgan fingerprint density at radius 2 is 1.81 bits per heavy atom. The van der Waals surface area contributed by atoms with Gasteiger partial charge in [-0.15, -0.1) is 0 Å². The van der Waals surface area contributed by atoms with Gasteiger partial charge in [-0.05, 0) is 30.2 Å². The van der Waals surface area contributed by atoms with Crippen LogP contribution in [0.2, 0.25) is 5.15 Å². The second kappa shape index (κ2) is 11.2. The number of aliphatic carboxylic acids is 1. The summed E-state index contributed by atoms with van der Waals surface area (Å²) in [6.45, 7) is 3.22. The molecule has 0 spiro atoms. The first kappa shape index (κ1) is 21.6. The Labute approximate surface area is 158 Å². The summed E-state index contributed by atoms with van der Waals surface area (Å²) in [6, 6.07) is 9.08. The van der Waals surface area contributed by atoms with Crippen molar-refractivity contribution in [3.63, 3.8) is 0 Å². The van der Waals surface area contributed by atoms with E-state index < -0.39 is 5.97 Å². The average Bonchev–Trinajstić information content (AvgIpc) is 2.59. The Morgan fingerprint density at radius 3 is 2.35 bits per heavy atom. The molecule has 0 radical (unpaired) electrons. The maximum atomic E-state index is 11.4. The number of ether oxygens (including phenoxy) is 1. The molecule has 0 atom stereocenters. The fourth-order valence-electron chi connectivity index (χ4n) is 2.14. The van der Waals surface area contributed by atoms with Crippen LogP contribution < -0.4 is 0 Å². The van der Waals surface area contributed by atoms with Crippen molar-refractivity contribution >= 4 is 23.5 Å². The Hall–Kier alpha value is -2.47. The minimum absolute atomic E-state index is 0.335. The number of hydrogen-bond acceptors (Lipinski definition) is 5. The predicted molar refractivity (Wildman–Crippen MR) is 99.6 cm³/mol. The van der Waals surface area contributed by atoms with E-state index in [4.69, 9.17) is 21.5 Å². The van der Waals surface area contributed by atoms with Gasteiger partial charge in [0.2, 0.25) is 0 Å². The van der Waals surface area contributed by atoms with Gasteiger partial charge >= 0.3 is 5.97 Å². The van der Waals surface area contributed by atoms with Crippen molar-refractivity contribution in [2.24, 2.45) is 0 Å². The van der Waals surface area contributed by atoms with E-state index in [0.29, 0.717) is 17.1 Å². The third kappa shape index (κ3) is 8.07. The number of nitrogens with zero attached hydrogens (tertiary/aromatic N) is 2. The average molecular weight is 379 g/mol. The standard InChI is InChI=1S/C17H19ClN2O2.C2H4O2/c1-3-4-5-16-19-14(11-15(18)20-16)10-12-6-8-13(9-7-12)17(21)22-2;1-2(3)4/h6-9,11H,3-5,10H2,1-2H3;1H3,(H,3,4). The third-order valence-corrected chi connectivity index (χ3v) is 3.50. The van der Waals surface area contributed by atoms with Crippen molar-refractivity contribution in [3.05, 3.63) is 58.1 Å². The molecule has 1 aromatic heterocycles. The first-order chi connectivity index (χ1) is 12.3. The number of aryl methyl sites for hydroxylation is 1. The van der Waals surface area contributed by atoms with E-state index in [2.05, 4.69) is 21.6 Å². The van der Waals surface area contributed by atoms with E-state index in [1.807, 2.05) is 12.1 Å². The highest BCUT2D eigenvalue weighted by Crippen LogP contribution is 2.14. The molecule has 0 unspecified atom stereocenters. The molecule has 1 heterocycles. The fourth-order valence-corrected chi connectivity index (χ4v) is 2.36. The zero-order chi connectivity index (χ0) is 19.5. The number of rotatable bonds is 6. The summed E-state index contributed by atoms with van der Waals surface area (Å²) in [7, 11) is 1.37. The molecule has 0 saturated carbocycles. The summed E-state index contributed by atoms with van der Waals surface area (Å²) < 4.78 is 4.69. The number of halogens is 1. The lowest BCUT2D eigenvalue weighted by Crippen LogP contribution is -2.03. The van der Waals surface area contributed by atoms with Crippen LogP contribution in [-0.2, 0) is 22.4 Å². The van der Waals surface area contributed by atoms with Gasteiger partial charge in [-0.25, -0.2) is 14.8 Å². The van der Waals surface area contributed by atoms with Crippen LogP contribution in [0.5, 0.6) is 0 Å². The van der Waals surface area contributed by atoms with Gasteiger partial charge in [0.25, 0.3) is 5.97 Å². The molecule has 1 aromatic carbocycles. The van der Waals surface area contributed by atoms with E-state index in [1.54, 1.807) is 18.2 Å². The minimum atomic E-state index is -0.833. The smallest absolute Gasteiger partial charge is 0.337 e. The molecule has 1 N–H and O–H groups in total. The van der Waals surface area contributed by atoms with Gasteiger partial charge in [-0.2, -0.15) is 0 Å². The molecule has 0 fully saturated rings. The summed E-state index contributed by atoms with van der Waals surface area (Å²) in [4.78, 5) is 29.2. The molecular formula is C19H23ClN2O4. The number of methoxy groups -OCH3 is 1. The third-order valence-electron chi connectivity index (χ3n) is 3.31. The van der Waals surface area contributed by atoms with Gasteiger partial charge in [0.05, 0.1) is 12.7 Å². The van der Waals surface area contributed by atoms with Crippen molar-refractivity contribution < 1.29 is 19.4 Å². The van der Waals surface area contributed by atoms with Crippen LogP contribution in [0.4, 0.5) is 0 Å². The molecule has 7 heteroatoms. The molecule has 6 nitrogen and oxygen atoms in total. The van der Waals surface area contributed by atoms with Gasteiger partial charge in [0.1, 0.15) is 11.0 Å². The summed E-state index contributed by atoms with van der Waals surface area (Å²) in [5.74, 6) is -0.381. The van der Waals surface area contributed by atoms with Crippen molar-refractivity contribution in [1.82, 2.24) is 9.97 Å². The van der Waals surface area contributed by atoms with E-state index in [-0.39, 0.29) is 5.97 Å². The quantitative estimate of drug-likeness (QED) is 0.604. The first-order valence-corrected chi connectivity index (χ1v) is 8.62. The monoisotopic (exact) mass is 378 g/mol. The largest absolute Gasteiger partial charge is 0.481 e. The highest BCUT2D eigenvalue weighted by molar-refractivity contribution is 6.29. The number of esters is 1. The molecule has 26 heavy (non-hydrogen) atoms. The van der Waals surface area contributed by atoms with E-state index in [9.17, 15) is 4.79 Å². The molecule has 0 saturated heterocycles. The Morgan fingerprint density at radius 1 is 1.19 bits per heavy atom. The molecule has 0 aliphatic carbocycles. The molecular weight excluding hydrogens is 356 g/mol. The van der Waals surface area contributed by atoms with Crippen LogP contribution >= 0.6 is 11.6 Å². The second-order valence-electron chi connectivity index (χ2n) is 5.59.